The number of anilines is 4. The van der Waals surface area contributed by atoms with Crippen LogP contribution >= 0.6 is 0 Å². The van der Waals surface area contributed by atoms with E-state index in [-0.39, 0.29) is 0 Å². The van der Waals surface area contributed by atoms with Crippen molar-refractivity contribution in [2.45, 2.75) is 26.7 Å². The highest BCUT2D eigenvalue weighted by Crippen LogP contribution is 2.27. The lowest BCUT2D eigenvalue weighted by Gasteiger charge is -2.12. The zero-order chi connectivity index (χ0) is 18.4. The second kappa shape index (κ2) is 8.34. The van der Waals surface area contributed by atoms with Gasteiger partial charge in [-0.15, -0.1) is 0 Å². The zero-order valence-corrected chi connectivity index (χ0v) is 15.4. The third-order valence-electron chi connectivity index (χ3n) is 3.94. The van der Waals surface area contributed by atoms with Crippen molar-refractivity contribution in [3.8, 4) is 5.75 Å². The number of nitrogens with one attached hydrogen (secondary N) is 2. The van der Waals surface area contributed by atoms with Crippen LogP contribution in [0.15, 0.2) is 60.8 Å². The van der Waals surface area contributed by atoms with Crippen molar-refractivity contribution in [3.63, 3.8) is 0 Å². The first kappa shape index (κ1) is 17.7. The molecule has 0 radical (unpaired) electrons. The van der Waals surface area contributed by atoms with E-state index in [1.54, 1.807) is 6.20 Å². The molecular weight excluding hydrogens is 324 g/mol. The summed E-state index contributed by atoms with van der Waals surface area (Å²) in [4.78, 5) is 8.83. The predicted octanol–water partition coefficient (Wildman–Crippen LogP) is 5.49. The Balaban J connectivity index is 1.74. The first-order chi connectivity index (χ1) is 12.7. The summed E-state index contributed by atoms with van der Waals surface area (Å²) in [7, 11) is 0. The first-order valence-corrected chi connectivity index (χ1v) is 8.84. The van der Waals surface area contributed by atoms with Gasteiger partial charge in [-0.2, -0.15) is 4.98 Å². The van der Waals surface area contributed by atoms with Crippen LogP contribution in [0, 0.1) is 0 Å². The van der Waals surface area contributed by atoms with Gasteiger partial charge in [-0.05, 0) is 48.7 Å². The minimum absolute atomic E-state index is 0.512. The molecule has 2 aromatic carbocycles. The average Bonchev–Trinajstić information content (AvgIpc) is 2.64. The van der Waals surface area contributed by atoms with E-state index in [1.807, 2.05) is 49.4 Å². The number of hydrogen-bond acceptors (Lipinski definition) is 5. The maximum atomic E-state index is 5.64. The molecule has 0 saturated carbocycles. The van der Waals surface area contributed by atoms with Crippen LogP contribution in [0.1, 0.15) is 32.3 Å². The summed E-state index contributed by atoms with van der Waals surface area (Å²) in [6, 6.07) is 18.0. The molecule has 0 amide bonds. The molecule has 0 atom stereocenters. The smallest absolute Gasteiger partial charge is 0.229 e. The van der Waals surface area contributed by atoms with Gasteiger partial charge in [-0.3, -0.25) is 0 Å². The summed E-state index contributed by atoms with van der Waals surface area (Å²) in [5.74, 6) is 2.56. The Morgan fingerprint density at radius 1 is 0.962 bits per heavy atom. The number of hydrogen-bond donors (Lipinski definition) is 2. The Bertz CT molecular complexity index is 847. The molecular formula is C21H24N4O. The van der Waals surface area contributed by atoms with Crippen molar-refractivity contribution in [3.05, 3.63) is 66.4 Å². The predicted molar refractivity (Wildman–Crippen MR) is 107 cm³/mol. The van der Waals surface area contributed by atoms with E-state index in [0.717, 1.165) is 17.1 Å². The monoisotopic (exact) mass is 348 g/mol. The maximum Gasteiger partial charge on any atom is 0.229 e. The van der Waals surface area contributed by atoms with Crippen molar-refractivity contribution in [1.82, 2.24) is 9.97 Å². The van der Waals surface area contributed by atoms with Gasteiger partial charge in [-0.25, -0.2) is 4.98 Å². The summed E-state index contributed by atoms with van der Waals surface area (Å²) in [5.41, 5.74) is 3.14. The topological polar surface area (TPSA) is 59.1 Å². The molecule has 26 heavy (non-hydrogen) atoms. The maximum absolute atomic E-state index is 5.64. The molecule has 134 valence electrons. The molecule has 0 aliphatic rings. The lowest BCUT2D eigenvalue weighted by atomic mass is 10.0. The molecule has 3 aromatic rings. The van der Waals surface area contributed by atoms with Crippen LogP contribution in [0.4, 0.5) is 23.1 Å². The summed E-state index contributed by atoms with van der Waals surface area (Å²) in [6.07, 6.45) is 1.73. The zero-order valence-electron chi connectivity index (χ0n) is 15.4. The third-order valence-corrected chi connectivity index (χ3v) is 3.94. The molecule has 0 aliphatic heterocycles. The van der Waals surface area contributed by atoms with Gasteiger partial charge in [0.2, 0.25) is 5.95 Å². The fourth-order valence-corrected chi connectivity index (χ4v) is 2.56. The van der Waals surface area contributed by atoms with E-state index in [0.29, 0.717) is 24.3 Å². The van der Waals surface area contributed by atoms with Crippen LogP contribution in [0.3, 0.4) is 0 Å². The summed E-state index contributed by atoms with van der Waals surface area (Å²) >= 11 is 0. The van der Waals surface area contributed by atoms with Crippen molar-refractivity contribution >= 4 is 23.1 Å². The summed E-state index contributed by atoms with van der Waals surface area (Å²) < 4.78 is 5.64. The molecule has 0 bridgehead atoms. The fourth-order valence-electron chi connectivity index (χ4n) is 2.56. The van der Waals surface area contributed by atoms with E-state index in [2.05, 4.69) is 46.6 Å². The van der Waals surface area contributed by atoms with E-state index in [1.165, 1.54) is 5.56 Å². The number of nitrogens with zero attached hydrogens (tertiary/aromatic N) is 2. The Hall–Kier alpha value is -3.08. The molecule has 0 spiro atoms. The van der Waals surface area contributed by atoms with E-state index in [9.17, 15) is 0 Å². The third kappa shape index (κ3) is 4.51. The van der Waals surface area contributed by atoms with Crippen LogP contribution in [0.25, 0.3) is 0 Å². The van der Waals surface area contributed by atoms with Gasteiger partial charge in [0.15, 0.2) is 0 Å². The van der Waals surface area contributed by atoms with Gasteiger partial charge >= 0.3 is 0 Å². The number of aromatic nitrogens is 2. The molecule has 1 heterocycles. The molecule has 0 aliphatic carbocycles. The van der Waals surface area contributed by atoms with Crippen LogP contribution in [-0.4, -0.2) is 16.6 Å². The normalized spacial score (nSPS) is 10.6. The van der Waals surface area contributed by atoms with Crippen LogP contribution in [0.5, 0.6) is 5.75 Å². The Morgan fingerprint density at radius 3 is 2.46 bits per heavy atom. The molecule has 2 N–H and O–H groups in total. The molecule has 3 rings (SSSR count). The molecule has 0 fully saturated rings. The van der Waals surface area contributed by atoms with E-state index >= 15 is 0 Å². The summed E-state index contributed by atoms with van der Waals surface area (Å²) in [5, 5.41) is 6.53. The van der Waals surface area contributed by atoms with Crippen LogP contribution < -0.4 is 15.4 Å². The standard InChI is InChI=1S/C21H24N4O/c1-4-26-19-8-6-5-7-18(19)24-20-13-14-22-21(25-20)23-17-11-9-16(10-12-17)15(2)3/h5-15H,4H2,1-3H3,(H2,22,23,24,25). The Morgan fingerprint density at radius 2 is 1.73 bits per heavy atom. The highest BCUT2D eigenvalue weighted by atomic mass is 16.5. The summed E-state index contributed by atoms with van der Waals surface area (Å²) in [6.45, 7) is 6.94. The van der Waals surface area contributed by atoms with Gasteiger partial charge in [-0.1, -0.05) is 38.1 Å². The highest BCUT2D eigenvalue weighted by molar-refractivity contribution is 5.65. The number of ether oxygens (including phenoxy) is 1. The van der Waals surface area contributed by atoms with Gasteiger partial charge in [0, 0.05) is 11.9 Å². The van der Waals surface area contributed by atoms with Crippen molar-refractivity contribution in [2.75, 3.05) is 17.2 Å². The van der Waals surface area contributed by atoms with Crippen molar-refractivity contribution in [2.24, 2.45) is 0 Å². The van der Waals surface area contributed by atoms with Crippen LogP contribution in [-0.2, 0) is 0 Å². The lowest BCUT2D eigenvalue weighted by molar-refractivity contribution is 0.342. The van der Waals surface area contributed by atoms with Gasteiger partial charge in [0.25, 0.3) is 0 Å². The van der Waals surface area contributed by atoms with Crippen LogP contribution in [0.2, 0.25) is 0 Å². The second-order valence-corrected chi connectivity index (χ2v) is 6.22. The van der Waals surface area contributed by atoms with E-state index in [4.69, 9.17) is 4.74 Å². The van der Waals surface area contributed by atoms with E-state index < -0.39 is 0 Å². The molecule has 1 aromatic heterocycles. The number of rotatable bonds is 7. The molecule has 5 heteroatoms. The quantitative estimate of drug-likeness (QED) is 0.591. The fraction of sp³-hybridized carbons (Fsp3) is 0.238. The first-order valence-electron chi connectivity index (χ1n) is 8.84. The van der Waals surface area contributed by atoms with Gasteiger partial charge in [0.1, 0.15) is 11.6 Å². The minimum atomic E-state index is 0.512. The molecule has 5 nitrogen and oxygen atoms in total. The van der Waals surface area contributed by atoms with Gasteiger partial charge in [0.05, 0.1) is 12.3 Å². The van der Waals surface area contributed by atoms with Crippen molar-refractivity contribution < 1.29 is 4.74 Å². The Labute approximate surface area is 154 Å². The largest absolute Gasteiger partial charge is 0.492 e. The highest BCUT2D eigenvalue weighted by Gasteiger charge is 2.06. The number of para-hydroxylation sites is 2. The lowest BCUT2D eigenvalue weighted by Crippen LogP contribution is -2.02. The Kier molecular flexibility index (Phi) is 5.69. The molecule has 0 saturated heterocycles. The SMILES string of the molecule is CCOc1ccccc1Nc1ccnc(Nc2ccc(C(C)C)cc2)n1. The second-order valence-electron chi connectivity index (χ2n) is 6.22. The van der Waals surface area contributed by atoms with Gasteiger partial charge < -0.3 is 15.4 Å². The minimum Gasteiger partial charge on any atom is -0.492 e. The number of benzene rings is 2. The average molecular weight is 348 g/mol. The molecule has 0 unspecified atom stereocenters. The van der Waals surface area contributed by atoms with Crippen molar-refractivity contribution in [1.29, 1.82) is 0 Å².